The molecule has 6 aromatic carbocycles. The largest absolute Gasteiger partial charge is 0.330 e. The summed E-state index contributed by atoms with van der Waals surface area (Å²) in [6, 6.07) is 46.6. The molecule has 0 saturated heterocycles. The predicted molar refractivity (Wildman–Crippen MR) is 197 cm³/mol. The van der Waals surface area contributed by atoms with E-state index < -0.39 is 0 Å². The van der Waals surface area contributed by atoms with Crippen LogP contribution < -0.4 is 9.80 Å². The highest BCUT2D eigenvalue weighted by Crippen LogP contribution is 2.48. The van der Waals surface area contributed by atoms with E-state index in [1.54, 1.807) is 0 Å². The van der Waals surface area contributed by atoms with Gasteiger partial charge in [0.1, 0.15) is 0 Å². The Morgan fingerprint density at radius 3 is 1.73 bits per heavy atom. The first kappa shape index (κ1) is 29.1. The van der Waals surface area contributed by atoms with Crippen LogP contribution in [0.25, 0.3) is 22.4 Å². The SMILES string of the molecule is Cc1ccc(N(c2ccc(C#N)cc2)c2ccc3c4c5c(ccc24)C=CC(N(c2ccc(C)cc2)c2ccc(C#N)cc2)C5=CC3)cc1. The summed E-state index contributed by atoms with van der Waals surface area (Å²) in [5, 5.41) is 21.5. The summed E-state index contributed by atoms with van der Waals surface area (Å²) in [7, 11) is 0. The molecular formula is C44H32N4. The van der Waals surface area contributed by atoms with Crippen LogP contribution in [0.2, 0.25) is 0 Å². The van der Waals surface area contributed by atoms with Gasteiger partial charge in [-0.2, -0.15) is 10.5 Å². The van der Waals surface area contributed by atoms with Crippen molar-refractivity contribution in [2.45, 2.75) is 26.3 Å². The van der Waals surface area contributed by atoms with Crippen molar-refractivity contribution in [1.82, 2.24) is 0 Å². The summed E-state index contributed by atoms with van der Waals surface area (Å²) >= 11 is 0. The first-order chi connectivity index (χ1) is 23.5. The highest BCUT2D eigenvalue weighted by Gasteiger charge is 2.32. The lowest BCUT2D eigenvalue weighted by Gasteiger charge is -2.38. The Balaban J connectivity index is 1.31. The number of nitriles is 2. The van der Waals surface area contributed by atoms with Gasteiger partial charge in [0.25, 0.3) is 0 Å². The Kier molecular flexibility index (Phi) is 7.13. The van der Waals surface area contributed by atoms with Crippen LogP contribution >= 0.6 is 0 Å². The minimum Gasteiger partial charge on any atom is -0.330 e. The molecule has 0 spiro atoms. The molecule has 0 aliphatic heterocycles. The second-order valence-corrected chi connectivity index (χ2v) is 12.6. The van der Waals surface area contributed by atoms with Crippen molar-refractivity contribution in [2.24, 2.45) is 0 Å². The summed E-state index contributed by atoms with van der Waals surface area (Å²) in [6.45, 7) is 4.22. The Labute approximate surface area is 281 Å². The number of nitrogens with zero attached hydrogens (tertiary/aromatic N) is 4. The smallest absolute Gasteiger partial charge is 0.0991 e. The summed E-state index contributed by atoms with van der Waals surface area (Å²) in [4.78, 5) is 4.69. The van der Waals surface area contributed by atoms with Gasteiger partial charge in [-0.05, 0) is 127 Å². The monoisotopic (exact) mass is 616 g/mol. The zero-order chi connectivity index (χ0) is 32.8. The molecule has 0 N–H and O–H groups in total. The Hall–Kier alpha value is -6.36. The van der Waals surface area contributed by atoms with E-state index in [-0.39, 0.29) is 6.04 Å². The van der Waals surface area contributed by atoms with Gasteiger partial charge in [0.2, 0.25) is 0 Å². The summed E-state index contributed by atoms with van der Waals surface area (Å²) < 4.78 is 0. The van der Waals surface area contributed by atoms with Gasteiger partial charge < -0.3 is 9.80 Å². The number of anilines is 5. The molecule has 1 atom stereocenters. The maximum absolute atomic E-state index is 9.50. The van der Waals surface area contributed by atoms with Crippen molar-refractivity contribution in [1.29, 1.82) is 10.5 Å². The van der Waals surface area contributed by atoms with E-state index in [4.69, 9.17) is 0 Å². The third kappa shape index (κ3) is 4.92. The molecule has 0 radical (unpaired) electrons. The fourth-order valence-corrected chi connectivity index (χ4v) is 7.13. The summed E-state index contributed by atoms with van der Waals surface area (Å²) in [5.41, 5.74) is 14.1. The van der Waals surface area contributed by atoms with Gasteiger partial charge in [0.05, 0.1) is 35.0 Å². The number of aryl methyl sites for hydroxylation is 2. The predicted octanol–water partition coefficient (Wildman–Crippen LogP) is 10.8. The van der Waals surface area contributed by atoms with Crippen molar-refractivity contribution in [3.63, 3.8) is 0 Å². The summed E-state index contributed by atoms with van der Waals surface area (Å²) in [5.74, 6) is 0. The quantitative estimate of drug-likeness (QED) is 0.187. The highest BCUT2D eigenvalue weighted by atomic mass is 15.2. The van der Waals surface area contributed by atoms with Crippen LogP contribution in [0.4, 0.5) is 28.4 Å². The molecule has 4 heteroatoms. The second-order valence-electron chi connectivity index (χ2n) is 12.6. The first-order valence-corrected chi connectivity index (χ1v) is 16.2. The van der Waals surface area contributed by atoms with Crippen LogP contribution in [0.5, 0.6) is 0 Å². The van der Waals surface area contributed by atoms with Gasteiger partial charge in [-0.25, -0.2) is 0 Å². The molecule has 0 heterocycles. The zero-order valence-electron chi connectivity index (χ0n) is 26.9. The average molecular weight is 617 g/mol. The Bertz CT molecular complexity index is 2330. The lowest BCUT2D eigenvalue weighted by molar-refractivity contribution is 0.949. The van der Waals surface area contributed by atoms with Crippen LogP contribution in [-0.2, 0) is 6.42 Å². The van der Waals surface area contributed by atoms with Crippen LogP contribution in [0.1, 0.15) is 38.9 Å². The average Bonchev–Trinajstić information content (AvgIpc) is 3.14. The maximum Gasteiger partial charge on any atom is 0.0991 e. The zero-order valence-corrected chi connectivity index (χ0v) is 26.9. The van der Waals surface area contributed by atoms with E-state index in [0.29, 0.717) is 11.1 Å². The third-order valence-electron chi connectivity index (χ3n) is 9.54. The highest BCUT2D eigenvalue weighted by molar-refractivity contribution is 6.10. The molecule has 6 aromatic rings. The number of benzene rings is 6. The van der Waals surface area contributed by atoms with E-state index >= 15 is 0 Å². The molecule has 2 aliphatic carbocycles. The van der Waals surface area contributed by atoms with E-state index in [1.807, 2.05) is 36.4 Å². The molecule has 4 nitrogen and oxygen atoms in total. The number of hydrogen-bond donors (Lipinski definition) is 0. The van der Waals surface area contributed by atoms with Crippen LogP contribution in [0.3, 0.4) is 0 Å². The van der Waals surface area contributed by atoms with Crippen LogP contribution in [0, 0.1) is 36.5 Å². The van der Waals surface area contributed by atoms with Crippen molar-refractivity contribution in [2.75, 3.05) is 9.80 Å². The summed E-state index contributed by atoms with van der Waals surface area (Å²) in [6.07, 6.45) is 7.81. The molecular weight excluding hydrogens is 585 g/mol. The van der Waals surface area contributed by atoms with E-state index in [1.165, 1.54) is 44.2 Å². The molecule has 0 fully saturated rings. The van der Waals surface area contributed by atoms with Crippen LogP contribution in [0.15, 0.2) is 133 Å². The second kappa shape index (κ2) is 11.8. The number of allylic oxidation sites excluding steroid dienone is 1. The van der Waals surface area contributed by atoms with Gasteiger partial charge in [-0.15, -0.1) is 0 Å². The van der Waals surface area contributed by atoms with Gasteiger partial charge in [-0.3, -0.25) is 0 Å². The molecule has 0 bridgehead atoms. The molecule has 2 aliphatic rings. The van der Waals surface area contributed by atoms with E-state index in [2.05, 4.69) is 139 Å². The molecule has 8 rings (SSSR count). The van der Waals surface area contributed by atoms with E-state index in [0.717, 1.165) is 34.9 Å². The molecule has 228 valence electrons. The van der Waals surface area contributed by atoms with Crippen molar-refractivity contribution < 1.29 is 0 Å². The molecule has 0 aromatic heterocycles. The van der Waals surface area contributed by atoms with Gasteiger partial charge in [0.15, 0.2) is 0 Å². The third-order valence-corrected chi connectivity index (χ3v) is 9.54. The molecule has 48 heavy (non-hydrogen) atoms. The molecule has 0 saturated carbocycles. The number of rotatable bonds is 6. The standard InChI is InChI=1S/C44H32N4/c1-29-3-15-35(16-4-29)47(37-19-7-31(27-45)8-20-37)41-25-13-33-12-24-40-42(26-14-34-11-23-39(41)43(33)44(34)40)48(36-17-5-30(2)6-18-36)38-21-9-32(28-46)10-22-38/h3-11,13-26,42H,12H2,1-2H3. The minimum atomic E-state index is -0.0396. The van der Waals surface area contributed by atoms with Gasteiger partial charge >= 0.3 is 0 Å². The number of hydrogen-bond acceptors (Lipinski definition) is 4. The lowest BCUT2D eigenvalue weighted by Crippen LogP contribution is -2.33. The first-order valence-electron chi connectivity index (χ1n) is 16.2. The van der Waals surface area contributed by atoms with Gasteiger partial charge in [-0.1, -0.05) is 71.8 Å². The molecule has 1 unspecified atom stereocenters. The van der Waals surface area contributed by atoms with Crippen LogP contribution in [-0.4, -0.2) is 6.04 Å². The van der Waals surface area contributed by atoms with E-state index in [9.17, 15) is 10.5 Å². The normalized spacial score (nSPS) is 14.2. The van der Waals surface area contributed by atoms with Crippen molar-refractivity contribution in [3.8, 4) is 12.1 Å². The fourth-order valence-electron chi connectivity index (χ4n) is 7.13. The molecule has 0 amide bonds. The maximum atomic E-state index is 9.50. The minimum absolute atomic E-state index is 0.0396. The van der Waals surface area contributed by atoms with Crippen molar-refractivity contribution in [3.05, 3.63) is 172 Å². The van der Waals surface area contributed by atoms with Crippen molar-refractivity contribution >= 4 is 50.9 Å². The fraction of sp³-hybridized carbons (Fsp3) is 0.0909. The lowest BCUT2D eigenvalue weighted by atomic mass is 9.78. The Morgan fingerprint density at radius 1 is 0.604 bits per heavy atom. The van der Waals surface area contributed by atoms with Gasteiger partial charge in [0, 0.05) is 28.1 Å². The topological polar surface area (TPSA) is 54.1 Å². The Morgan fingerprint density at radius 2 is 1.15 bits per heavy atom.